The molecule has 1 aromatic carbocycles. The molecule has 0 spiro atoms. The van der Waals surface area contributed by atoms with Crippen LogP contribution in [0.4, 0.5) is 0 Å². The van der Waals surface area contributed by atoms with E-state index in [1.807, 2.05) is 0 Å². The lowest BCUT2D eigenvalue weighted by Gasteiger charge is -2.56. The number of hydrogen-bond donors (Lipinski definition) is 0. The van der Waals surface area contributed by atoms with Crippen LogP contribution < -0.4 is 0 Å². The van der Waals surface area contributed by atoms with E-state index in [4.69, 9.17) is 0 Å². The van der Waals surface area contributed by atoms with Crippen LogP contribution in [0.5, 0.6) is 0 Å². The lowest BCUT2D eigenvalue weighted by atomic mass is 9.48. The zero-order valence-electron chi connectivity index (χ0n) is 15.1. The van der Waals surface area contributed by atoms with E-state index in [2.05, 4.69) is 81.0 Å². The molecule has 0 heteroatoms. The Morgan fingerprint density at radius 3 is 1.79 bits per heavy atom. The first-order chi connectivity index (χ1) is 11.7. The molecule has 0 radical (unpaired) electrons. The first-order valence-corrected chi connectivity index (χ1v) is 9.15. The average Bonchev–Trinajstić information content (AvgIpc) is 2.59. The van der Waals surface area contributed by atoms with Crippen molar-refractivity contribution in [2.75, 3.05) is 0 Å². The minimum absolute atomic E-state index is 0.192. The maximum Gasteiger partial charge on any atom is -0.0156 e. The monoisotopic (exact) mass is 320 g/mol. The van der Waals surface area contributed by atoms with E-state index in [-0.39, 0.29) is 10.8 Å². The van der Waals surface area contributed by atoms with Gasteiger partial charge in [-0.05, 0) is 67.3 Å². The van der Waals surface area contributed by atoms with Gasteiger partial charge in [0, 0.05) is 0 Å². The molecule has 24 heavy (non-hydrogen) atoms. The topological polar surface area (TPSA) is 0 Å². The molecule has 1 aliphatic rings. The third kappa shape index (κ3) is 3.48. The third-order valence-electron chi connectivity index (χ3n) is 6.14. The van der Waals surface area contributed by atoms with Gasteiger partial charge in [-0.1, -0.05) is 54.6 Å². The molecule has 0 heterocycles. The van der Waals surface area contributed by atoms with Crippen LogP contribution in [0.15, 0.2) is 81.0 Å². The van der Waals surface area contributed by atoms with Crippen molar-refractivity contribution in [3.63, 3.8) is 0 Å². The van der Waals surface area contributed by atoms with E-state index in [1.165, 1.54) is 24.8 Å². The fourth-order valence-electron chi connectivity index (χ4n) is 5.02. The summed E-state index contributed by atoms with van der Waals surface area (Å²) in [6.45, 7) is 16.3. The maximum atomic E-state index is 4.08. The largest absolute Gasteiger partial charge is 0.103 e. The molecular weight excluding hydrogens is 288 g/mol. The predicted molar refractivity (Wildman–Crippen MR) is 107 cm³/mol. The van der Waals surface area contributed by atoms with Crippen molar-refractivity contribution in [2.24, 2.45) is 10.8 Å². The van der Waals surface area contributed by atoms with Crippen LogP contribution in [-0.2, 0) is 0 Å². The van der Waals surface area contributed by atoms with Crippen molar-refractivity contribution >= 4 is 0 Å². The van der Waals surface area contributed by atoms with Crippen molar-refractivity contribution in [3.8, 4) is 0 Å². The van der Waals surface area contributed by atoms with Crippen LogP contribution in [0, 0.1) is 10.8 Å². The fraction of sp³-hybridized carbons (Fsp3) is 0.417. The predicted octanol–water partition coefficient (Wildman–Crippen LogP) is 7.23. The van der Waals surface area contributed by atoms with Crippen molar-refractivity contribution in [2.45, 2.75) is 50.9 Å². The highest BCUT2D eigenvalue weighted by Gasteiger charge is 2.51. The van der Waals surface area contributed by atoms with E-state index < -0.39 is 0 Å². The van der Waals surface area contributed by atoms with Crippen molar-refractivity contribution in [1.29, 1.82) is 0 Å². The molecular formula is C24H32. The van der Waals surface area contributed by atoms with E-state index in [0.717, 1.165) is 25.7 Å². The van der Waals surface area contributed by atoms with E-state index in [9.17, 15) is 0 Å². The van der Waals surface area contributed by atoms with Crippen LogP contribution in [0.2, 0.25) is 0 Å². The van der Waals surface area contributed by atoms with Gasteiger partial charge in [0.25, 0.3) is 0 Å². The zero-order chi connectivity index (χ0) is 17.5. The van der Waals surface area contributed by atoms with Crippen LogP contribution in [-0.4, -0.2) is 0 Å². The molecule has 1 aromatic rings. The van der Waals surface area contributed by atoms with E-state index in [0.29, 0.717) is 5.92 Å². The van der Waals surface area contributed by atoms with Gasteiger partial charge in [-0.2, -0.15) is 0 Å². The molecule has 1 saturated carbocycles. The Morgan fingerprint density at radius 2 is 1.29 bits per heavy atom. The van der Waals surface area contributed by atoms with Crippen LogP contribution in [0.1, 0.15) is 56.4 Å². The molecule has 2 rings (SSSR count). The first-order valence-electron chi connectivity index (χ1n) is 9.15. The minimum atomic E-state index is 0.192. The summed E-state index contributed by atoms with van der Waals surface area (Å²) in [5.41, 5.74) is 1.89. The second-order valence-corrected chi connectivity index (χ2v) is 7.38. The van der Waals surface area contributed by atoms with Gasteiger partial charge in [0.1, 0.15) is 0 Å². The summed E-state index contributed by atoms with van der Waals surface area (Å²) in [7, 11) is 0. The zero-order valence-corrected chi connectivity index (χ0v) is 15.1. The Morgan fingerprint density at radius 1 is 0.792 bits per heavy atom. The highest BCUT2D eigenvalue weighted by molar-refractivity contribution is 5.23. The SMILES string of the molecule is C=CCC1(CC=C)CCC(c2ccccc2)CC1(CC=C)CC=C. The molecule has 0 saturated heterocycles. The lowest BCUT2D eigenvalue weighted by molar-refractivity contribution is -0.0175. The molecule has 0 N–H and O–H groups in total. The molecule has 1 unspecified atom stereocenters. The standard InChI is InChI=1S/C24H32/c1-5-15-23(16-6-2)19-14-22(21-12-10-9-11-13-21)20-24(23,17-7-3)18-8-4/h5-13,22H,1-4,14-20H2. The van der Waals surface area contributed by atoms with Gasteiger partial charge in [0.2, 0.25) is 0 Å². The molecule has 0 aromatic heterocycles. The summed E-state index contributed by atoms with van der Waals surface area (Å²) in [6, 6.07) is 11.0. The third-order valence-corrected chi connectivity index (χ3v) is 6.14. The molecule has 0 amide bonds. The highest BCUT2D eigenvalue weighted by atomic mass is 14.6. The average molecular weight is 321 g/mol. The summed E-state index contributed by atoms with van der Waals surface area (Å²) < 4.78 is 0. The lowest BCUT2D eigenvalue weighted by Crippen LogP contribution is -2.46. The van der Waals surface area contributed by atoms with E-state index >= 15 is 0 Å². The molecule has 1 aliphatic carbocycles. The van der Waals surface area contributed by atoms with Crippen molar-refractivity contribution < 1.29 is 0 Å². The number of allylic oxidation sites excluding steroid dienone is 4. The van der Waals surface area contributed by atoms with Gasteiger partial charge in [-0.3, -0.25) is 0 Å². The summed E-state index contributed by atoms with van der Waals surface area (Å²) in [5.74, 6) is 0.619. The molecule has 0 nitrogen and oxygen atoms in total. The van der Waals surface area contributed by atoms with E-state index in [1.54, 1.807) is 0 Å². The molecule has 0 bridgehead atoms. The highest BCUT2D eigenvalue weighted by Crippen LogP contribution is 2.62. The minimum Gasteiger partial charge on any atom is -0.103 e. The van der Waals surface area contributed by atoms with Gasteiger partial charge in [-0.25, -0.2) is 0 Å². The Labute approximate surface area is 148 Å². The van der Waals surface area contributed by atoms with Gasteiger partial charge in [0.15, 0.2) is 0 Å². The van der Waals surface area contributed by atoms with Gasteiger partial charge in [0.05, 0.1) is 0 Å². The molecule has 128 valence electrons. The number of rotatable bonds is 9. The number of benzene rings is 1. The second-order valence-electron chi connectivity index (χ2n) is 7.38. The number of hydrogen-bond acceptors (Lipinski definition) is 0. The van der Waals surface area contributed by atoms with Crippen LogP contribution in [0.3, 0.4) is 0 Å². The maximum absolute atomic E-state index is 4.08. The molecule has 1 fully saturated rings. The molecule has 0 aliphatic heterocycles. The smallest absolute Gasteiger partial charge is 0.0156 e. The quantitative estimate of drug-likeness (QED) is 0.421. The van der Waals surface area contributed by atoms with Crippen LogP contribution >= 0.6 is 0 Å². The Kier molecular flexibility index (Phi) is 6.43. The Hall–Kier alpha value is -1.82. The Bertz CT molecular complexity index is 543. The summed E-state index contributed by atoms with van der Waals surface area (Å²) in [6.07, 6.45) is 16.2. The van der Waals surface area contributed by atoms with Gasteiger partial charge in [-0.15, -0.1) is 26.3 Å². The van der Waals surface area contributed by atoms with Gasteiger partial charge < -0.3 is 0 Å². The van der Waals surface area contributed by atoms with Gasteiger partial charge >= 0.3 is 0 Å². The van der Waals surface area contributed by atoms with Crippen molar-refractivity contribution in [3.05, 3.63) is 86.5 Å². The Balaban J connectivity index is 2.45. The second kappa shape index (κ2) is 8.33. The first kappa shape index (κ1) is 18.5. The fourth-order valence-corrected chi connectivity index (χ4v) is 5.02. The summed E-state index contributed by atoms with van der Waals surface area (Å²) >= 11 is 0. The molecule has 1 atom stereocenters. The summed E-state index contributed by atoms with van der Waals surface area (Å²) in [5, 5.41) is 0. The normalized spacial score (nSPS) is 21.6. The van der Waals surface area contributed by atoms with Crippen LogP contribution in [0.25, 0.3) is 0 Å². The van der Waals surface area contributed by atoms with Crippen molar-refractivity contribution in [1.82, 2.24) is 0 Å². The summed E-state index contributed by atoms with van der Waals surface area (Å²) in [4.78, 5) is 0.